The van der Waals surface area contributed by atoms with Crippen molar-refractivity contribution >= 4 is 16.7 Å². The van der Waals surface area contributed by atoms with Crippen LogP contribution in [0.25, 0.3) is 10.8 Å². The SMILES string of the molecule is COc1ccc2cc(CN(C)[C@@H](C)C(=O)N(C)C)ccc2c1. The van der Waals surface area contributed by atoms with E-state index < -0.39 is 0 Å². The van der Waals surface area contributed by atoms with E-state index in [1.54, 1.807) is 26.1 Å². The fraction of sp³-hybridized carbons (Fsp3) is 0.389. The van der Waals surface area contributed by atoms with Crippen molar-refractivity contribution in [3.63, 3.8) is 0 Å². The summed E-state index contributed by atoms with van der Waals surface area (Å²) in [5.41, 5.74) is 1.19. The Morgan fingerprint density at radius 3 is 2.36 bits per heavy atom. The number of likely N-dealkylation sites (N-methyl/N-ethyl adjacent to an activating group) is 2. The van der Waals surface area contributed by atoms with Gasteiger partial charge in [0.1, 0.15) is 5.75 Å². The van der Waals surface area contributed by atoms with Gasteiger partial charge in [-0.3, -0.25) is 9.69 Å². The van der Waals surface area contributed by atoms with Crippen molar-refractivity contribution in [1.82, 2.24) is 9.80 Å². The van der Waals surface area contributed by atoms with Crippen LogP contribution in [0.15, 0.2) is 36.4 Å². The molecule has 0 spiro atoms. The molecule has 0 aliphatic heterocycles. The van der Waals surface area contributed by atoms with Crippen molar-refractivity contribution in [3.05, 3.63) is 42.0 Å². The number of ether oxygens (including phenoxy) is 1. The molecule has 1 amide bonds. The van der Waals surface area contributed by atoms with Crippen molar-refractivity contribution in [3.8, 4) is 5.75 Å². The zero-order valence-electron chi connectivity index (χ0n) is 14.0. The lowest BCUT2D eigenvalue weighted by Gasteiger charge is -2.26. The van der Waals surface area contributed by atoms with Gasteiger partial charge in [0.05, 0.1) is 13.2 Å². The normalized spacial score (nSPS) is 12.5. The number of nitrogens with zero attached hydrogens (tertiary/aromatic N) is 2. The number of hydrogen-bond acceptors (Lipinski definition) is 3. The molecule has 0 bridgehead atoms. The van der Waals surface area contributed by atoms with Crippen LogP contribution in [-0.2, 0) is 11.3 Å². The first-order valence-corrected chi connectivity index (χ1v) is 7.40. The summed E-state index contributed by atoms with van der Waals surface area (Å²) < 4.78 is 5.25. The highest BCUT2D eigenvalue weighted by Gasteiger charge is 2.19. The van der Waals surface area contributed by atoms with Crippen LogP contribution >= 0.6 is 0 Å². The molecule has 2 rings (SSSR count). The molecule has 0 N–H and O–H groups in total. The Morgan fingerprint density at radius 1 is 1.09 bits per heavy atom. The highest BCUT2D eigenvalue weighted by Crippen LogP contribution is 2.22. The van der Waals surface area contributed by atoms with Crippen LogP contribution in [0.2, 0.25) is 0 Å². The van der Waals surface area contributed by atoms with Crippen molar-refractivity contribution < 1.29 is 9.53 Å². The minimum Gasteiger partial charge on any atom is -0.497 e. The monoisotopic (exact) mass is 300 g/mol. The number of carbonyl (C=O) groups excluding carboxylic acids is 1. The number of rotatable bonds is 5. The summed E-state index contributed by atoms with van der Waals surface area (Å²) in [5, 5.41) is 2.33. The number of methoxy groups -OCH3 is 1. The Morgan fingerprint density at radius 2 is 1.73 bits per heavy atom. The van der Waals surface area contributed by atoms with Crippen molar-refractivity contribution in [2.75, 3.05) is 28.3 Å². The van der Waals surface area contributed by atoms with E-state index in [1.165, 1.54) is 10.9 Å². The van der Waals surface area contributed by atoms with Crippen molar-refractivity contribution in [1.29, 1.82) is 0 Å². The van der Waals surface area contributed by atoms with Gasteiger partial charge in [-0.1, -0.05) is 18.2 Å². The van der Waals surface area contributed by atoms with Gasteiger partial charge < -0.3 is 9.64 Å². The van der Waals surface area contributed by atoms with E-state index in [-0.39, 0.29) is 11.9 Å². The zero-order valence-corrected chi connectivity index (χ0v) is 14.0. The molecule has 2 aromatic carbocycles. The van der Waals surface area contributed by atoms with Gasteiger partial charge in [0.2, 0.25) is 5.91 Å². The quantitative estimate of drug-likeness (QED) is 0.851. The van der Waals surface area contributed by atoms with Crippen molar-refractivity contribution in [2.45, 2.75) is 19.5 Å². The van der Waals surface area contributed by atoms with E-state index in [4.69, 9.17) is 4.74 Å². The van der Waals surface area contributed by atoms with E-state index >= 15 is 0 Å². The van der Waals surface area contributed by atoms with Gasteiger partial charge in [-0.25, -0.2) is 0 Å². The van der Waals surface area contributed by atoms with Crippen LogP contribution < -0.4 is 4.74 Å². The van der Waals surface area contributed by atoms with Crippen LogP contribution in [0.5, 0.6) is 5.75 Å². The first kappa shape index (κ1) is 16.3. The molecular formula is C18H24N2O2. The number of benzene rings is 2. The van der Waals surface area contributed by atoms with Gasteiger partial charge in [0.25, 0.3) is 0 Å². The van der Waals surface area contributed by atoms with E-state index in [2.05, 4.69) is 29.2 Å². The fourth-order valence-electron chi connectivity index (χ4n) is 2.49. The predicted octanol–water partition coefficient (Wildman–Crippen LogP) is 2.76. The molecule has 1 atom stereocenters. The van der Waals surface area contributed by atoms with Crippen molar-refractivity contribution in [2.24, 2.45) is 0 Å². The topological polar surface area (TPSA) is 32.8 Å². The second-order valence-electron chi connectivity index (χ2n) is 5.87. The summed E-state index contributed by atoms with van der Waals surface area (Å²) in [6, 6.07) is 12.3. The van der Waals surface area contributed by atoms with Gasteiger partial charge >= 0.3 is 0 Å². The third kappa shape index (κ3) is 3.57. The lowest BCUT2D eigenvalue weighted by Crippen LogP contribution is -2.42. The van der Waals surface area contributed by atoms with Crippen LogP contribution in [0.3, 0.4) is 0 Å². The molecule has 0 aliphatic carbocycles. The Hall–Kier alpha value is -2.07. The number of fused-ring (bicyclic) bond motifs is 1. The lowest BCUT2D eigenvalue weighted by molar-refractivity contribution is -0.133. The maximum Gasteiger partial charge on any atom is 0.239 e. The highest BCUT2D eigenvalue weighted by molar-refractivity contribution is 5.84. The van der Waals surface area contributed by atoms with Gasteiger partial charge in [-0.2, -0.15) is 0 Å². The molecule has 22 heavy (non-hydrogen) atoms. The molecule has 0 heterocycles. The van der Waals surface area contributed by atoms with Crippen LogP contribution in [0.4, 0.5) is 0 Å². The van der Waals surface area contributed by atoms with E-state index in [0.717, 1.165) is 17.7 Å². The molecule has 4 nitrogen and oxygen atoms in total. The maximum absolute atomic E-state index is 12.0. The smallest absolute Gasteiger partial charge is 0.239 e. The summed E-state index contributed by atoms with van der Waals surface area (Å²) in [7, 11) is 7.23. The average Bonchev–Trinajstić information content (AvgIpc) is 2.52. The maximum atomic E-state index is 12.0. The molecule has 0 radical (unpaired) electrons. The van der Waals surface area contributed by atoms with E-state index in [0.29, 0.717) is 0 Å². The molecule has 0 aliphatic rings. The molecule has 118 valence electrons. The zero-order chi connectivity index (χ0) is 16.3. The standard InChI is InChI=1S/C18H24N2O2/c1-13(18(21)19(2)3)20(4)12-14-6-7-16-11-17(22-5)9-8-15(16)10-14/h6-11,13H,12H2,1-5H3/t13-/m0/s1. The Balaban J connectivity index is 2.16. The second kappa shape index (κ2) is 6.79. The Labute approximate surface area is 132 Å². The summed E-state index contributed by atoms with van der Waals surface area (Å²) in [4.78, 5) is 15.7. The van der Waals surface area contributed by atoms with Gasteiger partial charge in [0, 0.05) is 20.6 Å². The summed E-state index contributed by atoms with van der Waals surface area (Å²) in [6.45, 7) is 2.68. The minimum atomic E-state index is -0.137. The van der Waals surface area contributed by atoms with Gasteiger partial charge in [-0.15, -0.1) is 0 Å². The van der Waals surface area contributed by atoms with E-state index in [1.807, 2.05) is 26.1 Å². The molecule has 0 unspecified atom stereocenters. The third-order valence-electron chi connectivity index (χ3n) is 4.00. The van der Waals surface area contributed by atoms with Gasteiger partial charge in [-0.05, 0) is 48.5 Å². The largest absolute Gasteiger partial charge is 0.497 e. The first-order valence-electron chi connectivity index (χ1n) is 7.40. The molecule has 0 fully saturated rings. The van der Waals surface area contributed by atoms with Crippen LogP contribution in [0, 0.1) is 0 Å². The lowest BCUT2D eigenvalue weighted by atomic mass is 10.1. The first-order chi connectivity index (χ1) is 10.4. The summed E-state index contributed by atoms with van der Waals surface area (Å²) >= 11 is 0. The average molecular weight is 300 g/mol. The number of hydrogen-bond donors (Lipinski definition) is 0. The molecule has 4 heteroatoms. The number of amides is 1. The Kier molecular flexibility index (Phi) is 5.03. The number of carbonyl (C=O) groups is 1. The van der Waals surface area contributed by atoms with Crippen LogP contribution in [0.1, 0.15) is 12.5 Å². The highest BCUT2D eigenvalue weighted by atomic mass is 16.5. The minimum absolute atomic E-state index is 0.119. The van der Waals surface area contributed by atoms with Crippen LogP contribution in [-0.4, -0.2) is 50.0 Å². The molecule has 0 aromatic heterocycles. The molecule has 0 saturated heterocycles. The second-order valence-corrected chi connectivity index (χ2v) is 5.87. The summed E-state index contributed by atoms with van der Waals surface area (Å²) in [6.07, 6.45) is 0. The third-order valence-corrected chi connectivity index (χ3v) is 4.00. The fourth-order valence-corrected chi connectivity index (χ4v) is 2.49. The summed E-state index contributed by atoms with van der Waals surface area (Å²) in [5.74, 6) is 0.982. The molecule has 2 aromatic rings. The van der Waals surface area contributed by atoms with Gasteiger partial charge in [0.15, 0.2) is 0 Å². The Bertz CT molecular complexity index is 667. The predicted molar refractivity (Wildman–Crippen MR) is 90.1 cm³/mol. The molecular weight excluding hydrogens is 276 g/mol. The van der Waals surface area contributed by atoms with E-state index in [9.17, 15) is 4.79 Å². The molecule has 0 saturated carbocycles.